The molecule has 0 bridgehead atoms. The van der Waals surface area contributed by atoms with Gasteiger partial charge in [0.25, 0.3) is 11.1 Å². The summed E-state index contributed by atoms with van der Waals surface area (Å²) in [5.41, 5.74) is 7.94. The SMILES string of the molecule is Cn1c(=O)c(C(=O)c2cccc(S(=O)(=O)[O-])c2)c2c3c(c(Nc4cc(Nc5nc(N)nc(NC6CCC(CC7CCC(Nc8nc(N)nc(Nc9cc(Nc%10ccc%11c%12c%10C(=O)c%10ccccc%10-c%12c(C(=O)c%10cccc(S(=O)(=O)[O-])c%10)c(=O)n%11C)c(S(=O)(=O)[O-])cc9SOO[O-])n8)CC7)CC6)n5)c(S(=O)(=O)[O-])cc4SOO[O-])ccc31)C(=O)c1ccccc1-2.[Na+].[Na+].[Na+].[Na+].[Na+].[Na+]. The third kappa shape index (κ3) is 22.3. The van der Waals surface area contributed by atoms with Gasteiger partial charge in [0.05, 0.1) is 121 Å². The van der Waals surface area contributed by atoms with E-state index in [-0.39, 0.29) is 359 Å². The number of carbonyl (C=O) groups is 4. The van der Waals surface area contributed by atoms with Crippen LogP contribution in [-0.2, 0) is 73.3 Å². The maximum atomic E-state index is 14.9. The number of nitrogens with two attached hydrogens (primary N) is 2. The summed E-state index contributed by atoms with van der Waals surface area (Å²) in [7, 11) is -18.4. The van der Waals surface area contributed by atoms with Crippen LogP contribution in [0.5, 0.6) is 0 Å². The second-order valence-corrected chi connectivity index (χ2v) is 36.5. The number of pyridine rings is 2. The van der Waals surface area contributed by atoms with Gasteiger partial charge in [0.2, 0.25) is 35.7 Å². The smallest absolute Gasteiger partial charge is 0.744 e. The number of aromatic nitrogens is 8. The van der Waals surface area contributed by atoms with Crippen molar-refractivity contribution in [2.24, 2.45) is 25.9 Å². The number of nitrogens with zero attached hydrogens (tertiary/aromatic N) is 8. The van der Waals surface area contributed by atoms with Crippen LogP contribution in [0.1, 0.15) is 121 Å². The van der Waals surface area contributed by atoms with Crippen molar-refractivity contribution in [2.75, 3.05) is 43.4 Å². The Hall–Kier alpha value is -6.62. The number of hydrogen-bond acceptors (Lipinski definition) is 40. The first-order valence-corrected chi connectivity index (χ1v) is 44.7. The molecule has 2 fully saturated rings. The quantitative estimate of drug-likeness (QED) is 0.00564. The molecule has 0 atom stereocenters. The predicted molar refractivity (Wildman–Crippen MR) is 442 cm³/mol. The van der Waals surface area contributed by atoms with Crippen molar-refractivity contribution in [3.05, 3.63) is 211 Å². The van der Waals surface area contributed by atoms with Gasteiger partial charge in [0.1, 0.15) is 40.5 Å². The van der Waals surface area contributed by atoms with E-state index in [1.165, 1.54) is 86.9 Å². The molecule has 52 heteroatoms. The van der Waals surface area contributed by atoms with Gasteiger partial charge in [0, 0.05) is 70.3 Å². The number of carbonyl (C=O) groups excluding carboxylic acids is 4. The van der Waals surface area contributed by atoms with Crippen molar-refractivity contribution in [3.63, 3.8) is 0 Å². The molecule has 8 aromatic carbocycles. The van der Waals surface area contributed by atoms with Gasteiger partial charge in [-0.1, -0.05) is 72.8 Å². The molecule has 4 aliphatic carbocycles. The van der Waals surface area contributed by atoms with Crippen LogP contribution in [0, 0.1) is 11.8 Å². The molecule has 2 saturated carbocycles. The first-order chi connectivity index (χ1) is 59.5. The number of aryl methyl sites for hydroxylation is 2. The van der Waals surface area contributed by atoms with Gasteiger partial charge in [-0.3, -0.25) is 38.8 Å². The van der Waals surface area contributed by atoms with Crippen LogP contribution < -0.4 is 242 Å². The summed E-state index contributed by atoms with van der Waals surface area (Å²) < 4.78 is 163. The molecule has 0 aliphatic heterocycles. The Morgan fingerprint density at radius 1 is 0.412 bits per heavy atom. The first kappa shape index (κ1) is 106. The number of rotatable bonds is 28. The Morgan fingerprint density at radius 3 is 1.14 bits per heavy atom. The molecule has 10 N–H and O–H groups in total. The summed E-state index contributed by atoms with van der Waals surface area (Å²) in [6.07, 6.45) is 6.81. The van der Waals surface area contributed by atoms with Crippen LogP contribution in [0.2, 0.25) is 0 Å². The molecule has 4 aromatic heterocycles. The van der Waals surface area contributed by atoms with Crippen LogP contribution >= 0.6 is 24.1 Å². The van der Waals surface area contributed by atoms with E-state index >= 15 is 0 Å². The number of ketones is 4. The van der Waals surface area contributed by atoms with Crippen molar-refractivity contribution >= 4 is 179 Å². The Bertz CT molecular complexity index is 7250. The molecule has 4 aliphatic rings. The fourth-order valence-electron chi connectivity index (χ4n) is 16.5. The molecule has 16 rings (SSSR count). The van der Waals surface area contributed by atoms with Crippen molar-refractivity contribution in [1.82, 2.24) is 39.0 Å². The molecule has 644 valence electrons. The molecule has 131 heavy (non-hydrogen) atoms. The molecule has 0 radical (unpaired) electrons. The van der Waals surface area contributed by atoms with Crippen LogP contribution in [0.15, 0.2) is 185 Å². The second kappa shape index (κ2) is 43.4. The number of anilines is 12. The molecular weight excluding hydrogens is 1890 g/mol. The van der Waals surface area contributed by atoms with E-state index in [0.29, 0.717) is 37.5 Å². The van der Waals surface area contributed by atoms with Gasteiger partial charge in [-0.15, -0.1) is 0 Å². The summed E-state index contributed by atoms with van der Waals surface area (Å²) in [4.78, 5) is 110. The topological polar surface area (TPSA) is 626 Å². The van der Waals surface area contributed by atoms with Gasteiger partial charge < -0.3 is 81.2 Å². The fraction of sp³-hybridized carbons (Fsp3) is 0.190. The molecule has 12 aromatic rings. The van der Waals surface area contributed by atoms with E-state index in [9.17, 15) is 91.2 Å². The van der Waals surface area contributed by atoms with E-state index in [0.717, 1.165) is 102 Å². The van der Waals surface area contributed by atoms with Crippen LogP contribution in [0.4, 0.5) is 69.8 Å². The zero-order valence-corrected chi connectivity index (χ0v) is 87.4. The van der Waals surface area contributed by atoms with Crippen LogP contribution in [-0.4, -0.2) is 126 Å². The average Bonchev–Trinajstić information content (AvgIpc) is 0.708. The van der Waals surface area contributed by atoms with Crippen LogP contribution in [0.25, 0.3) is 44.1 Å². The Labute approximate surface area is 886 Å². The molecular formula is C79H62N16Na6O24S6. The van der Waals surface area contributed by atoms with Crippen molar-refractivity contribution < 1.29 is 278 Å². The van der Waals surface area contributed by atoms with Crippen molar-refractivity contribution in [3.8, 4) is 22.3 Å². The fourth-order valence-corrected chi connectivity index (χ4v) is 19.9. The van der Waals surface area contributed by atoms with Gasteiger partial charge in [-0.05, 0) is 154 Å². The Kier molecular flexibility index (Phi) is 35.2. The van der Waals surface area contributed by atoms with E-state index < -0.39 is 117 Å². The summed E-state index contributed by atoms with van der Waals surface area (Å²) >= 11 is 0.374. The zero-order valence-electron chi connectivity index (χ0n) is 70.5. The average molecular weight is 1950 g/mol. The zero-order chi connectivity index (χ0) is 88.6. The minimum absolute atomic E-state index is 0. The third-order valence-corrected chi connectivity index (χ3v) is 26.8. The number of hydrogen-bond donors (Lipinski definition) is 8. The second-order valence-electron chi connectivity index (χ2n) is 29.5. The predicted octanol–water partition coefficient (Wildman–Crippen LogP) is -10.1. The Morgan fingerprint density at radius 2 is 0.763 bits per heavy atom. The van der Waals surface area contributed by atoms with E-state index in [4.69, 9.17) is 11.5 Å². The number of fused-ring (bicyclic) bond motifs is 4. The summed E-state index contributed by atoms with van der Waals surface area (Å²) in [5, 5.41) is 48.1. The summed E-state index contributed by atoms with van der Waals surface area (Å²) in [6, 6.07) is 29.6. The monoisotopic (exact) mass is 1950 g/mol. The molecule has 0 amide bonds. The number of nitrogen functional groups attached to an aromatic ring is 2. The molecule has 0 saturated heterocycles. The van der Waals surface area contributed by atoms with Crippen molar-refractivity contribution in [2.45, 2.75) is 99.2 Å². The Balaban J connectivity index is 0.00000297. The maximum absolute atomic E-state index is 14.9. The minimum atomic E-state index is -5.49. The molecule has 40 nitrogen and oxygen atoms in total. The van der Waals surface area contributed by atoms with Gasteiger partial charge in [-0.25, -0.2) is 33.7 Å². The van der Waals surface area contributed by atoms with Gasteiger partial charge >= 0.3 is 177 Å². The molecule has 0 spiro atoms. The summed E-state index contributed by atoms with van der Waals surface area (Å²) in [6.45, 7) is 0. The first-order valence-electron chi connectivity index (χ1n) is 37.6. The number of benzene rings is 8. The normalized spacial score (nSPS) is 15.5. The number of nitrogens with one attached hydrogen (secondary N) is 6. The molecule has 0 unspecified atom stereocenters. The van der Waals surface area contributed by atoms with Gasteiger partial charge in [-0.2, -0.15) is 38.6 Å². The van der Waals surface area contributed by atoms with E-state index in [1.807, 2.05) is 0 Å². The third-order valence-electron chi connectivity index (χ3n) is 22.1. The minimum Gasteiger partial charge on any atom is -0.744 e. The van der Waals surface area contributed by atoms with Gasteiger partial charge in [0.15, 0.2) is 23.1 Å². The summed E-state index contributed by atoms with van der Waals surface area (Å²) in [5.74, 6) is -3.79. The van der Waals surface area contributed by atoms with Crippen LogP contribution in [0.3, 0.4) is 0 Å². The molecule has 4 heterocycles. The standard InChI is InChI=1S/C79H68N16O24S6.6Na/c1-94-54-27-25-48(62-64(54)60(44-13-3-5-15-46(44)70(62)98)66(72(94)100)68(96)38-9-7-11-42(30-38)122(104,105)106)84-50-32-53(59(125(113,114)115)34-56(50)120-118-116-102)87-79-91-75(81)89-77(93-79)83-41-23-19-37(20-24-41)29-36-17-21-40(22-18-36)82-76-88-74(80)90-78(92-76)86-51-33-52(58(124(110,111)112)35-57(51)121-119-117-103)85-49-26-28-55-65-61(45-14-4-6-16-47(45)71(99)63(49)65)67(73(101)95(55)2)69(97)39-10-8-12-43(31-39)123(107,108)109;;;;;;/h3-16,25-28,30-37,40-41,84-85,102-103H,17-24,29H2,1-2H3,(H,104,105,106)(H,107,108,109)(H,110,111,112)(H,113,114,115)(H4,80,82,86,88,90,92)(H4,81,83,87,89,91,93);;;;;;/q;6*+1/p-6. The van der Waals surface area contributed by atoms with Crippen molar-refractivity contribution in [1.29, 1.82) is 0 Å². The largest absolute Gasteiger partial charge is 1.00 e. The van der Waals surface area contributed by atoms with E-state index in [1.54, 1.807) is 12.1 Å². The van der Waals surface area contributed by atoms with E-state index in [2.05, 4.69) is 80.5 Å². The maximum Gasteiger partial charge on any atom is 1.00 e.